The van der Waals surface area contributed by atoms with Gasteiger partial charge in [-0.3, -0.25) is 0 Å². The van der Waals surface area contributed by atoms with E-state index in [-0.39, 0.29) is 17.7 Å². The molecule has 2 atom stereocenters. The summed E-state index contributed by atoms with van der Waals surface area (Å²) in [5.74, 6) is 0. The van der Waals surface area contributed by atoms with Crippen molar-refractivity contribution in [1.29, 1.82) is 0 Å². The molecule has 1 amide bonds. The van der Waals surface area contributed by atoms with Gasteiger partial charge < -0.3 is 20.1 Å². The maximum atomic E-state index is 11.5. The third-order valence-corrected chi connectivity index (χ3v) is 2.79. The van der Waals surface area contributed by atoms with Crippen LogP contribution in [0.4, 0.5) is 4.79 Å². The SMILES string of the molecule is COC1CNC(C)(CNC(=O)OC(C)(C)C)C1. The van der Waals surface area contributed by atoms with Crippen LogP contribution in [0.15, 0.2) is 0 Å². The van der Waals surface area contributed by atoms with Gasteiger partial charge in [0.1, 0.15) is 5.60 Å². The fourth-order valence-electron chi connectivity index (χ4n) is 1.89. The van der Waals surface area contributed by atoms with Crippen molar-refractivity contribution in [3.63, 3.8) is 0 Å². The van der Waals surface area contributed by atoms with Gasteiger partial charge in [0.05, 0.1) is 6.10 Å². The molecule has 2 N–H and O–H groups in total. The van der Waals surface area contributed by atoms with Crippen LogP contribution in [0.5, 0.6) is 0 Å². The molecule has 1 heterocycles. The number of rotatable bonds is 3. The Kier molecular flexibility index (Phi) is 4.38. The van der Waals surface area contributed by atoms with E-state index in [1.165, 1.54) is 0 Å². The van der Waals surface area contributed by atoms with Crippen molar-refractivity contribution in [3.05, 3.63) is 0 Å². The van der Waals surface area contributed by atoms with Crippen LogP contribution in [0.3, 0.4) is 0 Å². The summed E-state index contributed by atoms with van der Waals surface area (Å²) >= 11 is 0. The normalized spacial score (nSPS) is 29.1. The number of carbonyl (C=O) groups excluding carboxylic acids is 1. The molecule has 100 valence electrons. The first-order valence-corrected chi connectivity index (χ1v) is 5.99. The van der Waals surface area contributed by atoms with Crippen LogP contribution < -0.4 is 10.6 Å². The highest BCUT2D eigenvalue weighted by Gasteiger charge is 2.35. The lowest BCUT2D eigenvalue weighted by atomic mass is 9.99. The minimum Gasteiger partial charge on any atom is -0.444 e. The van der Waals surface area contributed by atoms with Crippen LogP contribution >= 0.6 is 0 Å². The first-order chi connectivity index (χ1) is 7.74. The fraction of sp³-hybridized carbons (Fsp3) is 0.917. The molecule has 0 saturated carbocycles. The summed E-state index contributed by atoms with van der Waals surface area (Å²) in [7, 11) is 1.71. The number of nitrogens with one attached hydrogen (secondary N) is 2. The predicted octanol–water partition coefficient (Wildman–Crippen LogP) is 1.28. The Morgan fingerprint density at radius 2 is 2.18 bits per heavy atom. The van der Waals surface area contributed by atoms with Gasteiger partial charge in [0, 0.05) is 25.7 Å². The second kappa shape index (κ2) is 5.23. The van der Waals surface area contributed by atoms with Gasteiger partial charge in [-0.05, 0) is 34.1 Å². The van der Waals surface area contributed by atoms with Crippen molar-refractivity contribution in [2.24, 2.45) is 0 Å². The second-order valence-corrected chi connectivity index (χ2v) is 5.86. The zero-order valence-corrected chi connectivity index (χ0v) is 11.4. The van der Waals surface area contributed by atoms with Gasteiger partial charge in [0.25, 0.3) is 0 Å². The van der Waals surface area contributed by atoms with Crippen LogP contribution in [-0.4, -0.2) is 43.5 Å². The molecule has 1 fully saturated rings. The van der Waals surface area contributed by atoms with Crippen molar-refractivity contribution in [3.8, 4) is 0 Å². The van der Waals surface area contributed by atoms with E-state index in [0.29, 0.717) is 6.54 Å². The molecule has 1 saturated heterocycles. The Morgan fingerprint density at radius 3 is 2.65 bits per heavy atom. The maximum Gasteiger partial charge on any atom is 0.407 e. The van der Waals surface area contributed by atoms with Gasteiger partial charge in [-0.2, -0.15) is 0 Å². The quantitative estimate of drug-likeness (QED) is 0.785. The number of hydrogen-bond donors (Lipinski definition) is 2. The lowest BCUT2D eigenvalue weighted by molar-refractivity contribution is 0.0510. The van der Waals surface area contributed by atoms with Crippen molar-refractivity contribution >= 4 is 6.09 Å². The molecule has 5 nitrogen and oxygen atoms in total. The van der Waals surface area contributed by atoms with E-state index in [9.17, 15) is 4.79 Å². The van der Waals surface area contributed by atoms with Gasteiger partial charge in [0.2, 0.25) is 0 Å². The average Bonchev–Trinajstić information content (AvgIpc) is 2.56. The zero-order chi connectivity index (χ0) is 13.1. The lowest BCUT2D eigenvalue weighted by Gasteiger charge is -2.26. The summed E-state index contributed by atoms with van der Waals surface area (Å²) in [6.45, 7) is 8.99. The summed E-state index contributed by atoms with van der Waals surface area (Å²) < 4.78 is 10.5. The summed E-state index contributed by atoms with van der Waals surface area (Å²) in [6.07, 6.45) is 0.737. The number of hydrogen-bond acceptors (Lipinski definition) is 4. The molecule has 0 aliphatic carbocycles. The van der Waals surface area contributed by atoms with Gasteiger partial charge >= 0.3 is 6.09 Å². The molecular weight excluding hydrogens is 220 g/mol. The van der Waals surface area contributed by atoms with E-state index < -0.39 is 5.60 Å². The molecule has 0 aromatic carbocycles. The second-order valence-electron chi connectivity index (χ2n) is 5.86. The Bertz CT molecular complexity index is 275. The third-order valence-electron chi connectivity index (χ3n) is 2.79. The Morgan fingerprint density at radius 1 is 1.53 bits per heavy atom. The lowest BCUT2D eigenvalue weighted by Crippen LogP contribution is -2.48. The molecule has 0 radical (unpaired) electrons. The van der Waals surface area contributed by atoms with Crippen LogP contribution in [0.2, 0.25) is 0 Å². The summed E-state index contributed by atoms with van der Waals surface area (Å²) in [5, 5.41) is 6.14. The molecule has 0 aromatic heterocycles. The highest BCUT2D eigenvalue weighted by Crippen LogP contribution is 2.20. The number of amides is 1. The van der Waals surface area contributed by atoms with Gasteiger partial charge in [0.15, 0.2) is 0 Å². The largest absolute Gasteiger partial charge is 0.444 e. The monoisotopic (exact) mass is 244 g/mol. The molecule has 0 aromatic rings. The van der Waals surface area contributed by atoms with E-state index in [4.69, 9.17) is 9.47 Å². The highest BCUT2D eigenvalue weighted by atomic mass is 16.6. The van der Waals surface area contributed by atoms with Crippen LogP contribution in [-0.2, 0) is 9.47 Å². The first kappa shape index (κ1) is 14.3. The summed E-state index contributed by atoms with van der Waals surface area (Å²) in [5.41, 5.74) is -0.569. The van der Waals surface area contributed by atoms with E-state index in [2.05, 4.69) is 17.6 Å². The Labute approximate surface area is 103 Å². The van der Waals surface area contributed by atoms with Crippen LogP contribution in [0.1, 0.15) is 34.1 Å². The fourth-order valence-corrected chi connectivity index (χ4v) is 1.89. The minimum atomic E-state index is -0.455. The molecule has 0 spiro atoms. The maximum absolute atomic E-state index is 11.5. The first-order valence-electron chi connectivity index (χ1n) is 5.99. The average molecular weight is 244 g/mol. The predicted molar refractivity (Wildman–Crippen MR) is 66.1 cm³/mol. The van der Waals surface area contributed by atoms with Crippen molar-refractivity contribution in [2.75, 3.05) is 20.2 Å². The smallest absolute Gasteiger partial charge is 0.407 e. The molecule has 2 unspecified atom stereocenters. The van der Waals surface area contributed by atoms with Gasteiger partial charge in [-0.1, -0.05) is 0 Å². The summed E-state index contributed by atoms with van der Waals surface area (Å²) in [6, 6.07) is 0. The van der Waals surface area contributed by atoms with E-state index in [1.807, 2.05) is 20.8 Å². The van der Waals surface area contributed by atoms with E-state index in [0.717, 1.165) is 13.0 Å². The van der Waals surface area contributed by atoms with Gasteiger partial charge in [-0.25, -0.2) is 4.79 Å². The molecule has 0 bridgehead atoms. The number of methoxy groups -OCH3 is 1. The highest BCUT2D eigenvalue weighted by molar-refractivity contribution is 5.67. The van der Waals surface area contributed by atoms with E-state index in [1.54, 1.807) is 7.11 Å². The standard InChI is InChI=1S/C12H24N2O3/c1-11(2,3)17-10(15)13-8-12(4)6-9(16-5)7-14-12/h9,14H,6-8H2,1-5H3,(H,13,15). The molecule has 1 aliphatic heterocycles. The van der Waals surface area contributed by atoms with Crippen LogP contribution in [0, 0.1) is 0 Å². The van der Waals surface area contributed by atoms with Crippen molar-refractivity contribution < 1.29 is 14.3 Å². The Hall–Kier alpha value is -0.810. The molecule has 17 heavy (non-hydrogen) atoms. The topological polar surface area (TPSA) is 59.6 Å². The number of carbonyl (C=O) groups is 1. The zero-order valence-electron chi connectivity index (χ0n) is 11.4. The van der Waals surface area contributed by atoms with Crippen molar-refractivity contribution in [2.45, 2.75) is 51.4 Å². The molecule has 5 heteroatoms. The number of ether oxygens (including phenoxy) is 2. The van der Waals surface area contributed by atoms with Gasteiger partial charge in [-0.15, -0.1) is 0 Å². The number of alkyl carbamates (subject to hydrolysis) is 1. The molecular formula is C12H24N2O3. The minimum absolute atomic E-state index is 0.114. The van der Waals surface area contributed by atoms with Crippen LogP contribution in [0.25, 0.3) is 0 Å². The van der Waals surface area contributed by atoms with Crippen molar-refractivity contribution in [1.82, 2.24) is 10.6 Å². The molecule has 1 rings (SSSR count). The van der Waals surface area contributed by atoms with E-state index >= 15 is 0 Å². The molecule has 1 aliphatic rings. The summed E-state index contributed by atoms with van der Waals surface area (Å²) in [4.78, 5) is 11.5. The third kappa shape index (κ3) is 4.91. The Balaban J connectivity index is 2.33.